The van der Waals surface area contributed by atoms with Crippen LogP contribution in [-0.4, -0.2) is 38.2 Å². The van der Waals surface area contributed by atoms with Crippen molar-refractivity contribution in [1.82, 2.24) is 19.9 Å². The molecule has 1 aliphatic heterocycles. The Morgan fingerprint density at radius 2 is 2.00 bits per heavy atom. The number of benzene rings is 2. The highest BCUT2D eigenvalue weighted by molar-refractivity contribution is 7.15. The van der Waals surface area contributed by atoms with Gasteiger partial charge in [0.25, 0.3) is 11.8 Å². The number of aromatic amines is 1. The molecule has 0 spiro atoms. The number of hydrogen-bond acceptors (Lipinski definition) is 6. The number of halogens is 1. The Kier molecular flexibility index (Phi) is 5.16. The van der Waals surface area contributed by atoms with Gasteiger partial charge in [0, 0.05) is 30.9 Å². The number of anilines is 1. The van der Waals surface area contributed by atoms with Crippen molar-refractivity contribution in [3.63, 3.8) is 0 Å². The molecule has 0 aliphatic carbocycles. The summed E-state index contributed by atoms with van der Waals surface area (Å²) in [6.45, 7) is 2.28. The summed E-state index contributed by atoms with van der Waals surface area (Å²) in [5.74, 6) is -1.28. The summed E-state index contributed by atoms with van der Waals surface area (Å²) in [7, 11) is 0. The summed E-state index contributed by atoms with van der Waals surface area (Å²) in [6, 6.07) is 11.6. The lowest BCUT2D eigenvalue weighted by molar-refractivity contribution is 0.0989. The van der Waals surface area contributed by atoms with Crippen LogP contribution in [0, 0.1) is 5.82 Å². The van der Waals surface area contributed by atoms with Crippen LogP contribution in [0.5, 0.6) is 0 Å². The van der Waals surface area contributed by atoms with Crippen molar-refractivity contribution in [3.8, 4) is 0 Å². The SMILES string of the molecule is NC(=O)c1nc2c(C(=O)Nc3nc4c(s3)CN(Cc3ccc(F)cc3)CC4)cccc2[nH]1. The number of para-hydroxylation sites is 1. The summed E-state index contributed by atoms with van der Waals surface area (Å²) in [5.41, 5.74) is 8.59. The van der Waals surface area contributed by atoms with Crippen molar-refractivity contribution in [2.45, 2.75) is 19.5 Å². The zero-order valence-corrected chi connectivity index (χ0v) is 17.7. The van der Waals surface area contributed by atoms with E-state index in [2.05, 4.69) is 25.2 Å². The van der Waals surface area contributed by atoms with Crippen LogP contribution in [-0.2, 0) is 19.5 Å². The Bertz CT molecular complexity index is 1330. The van der Waals surface area contributed by atoms with Gasteiger partial charge in [-0.1, -0.05) is 18.2 Å². The molecule has 3 heterocycles. The number of primary amides is 1. The predicted octanol–water partition coefficient (Wildman–Crippen LogP) is 3.07. The van der Waals surface area contributed by atoms with Gasteiger partial charge in [0.1, 0.15) is 11.3 Å². The summed E-state index contributed by atoms with van der Waals surface area (Å²) in [5, 5.41) is 3.37. The van der Waals surface area contributed by atoms with Crippen molar-refractivity contribution >= 4 is 39.3 Å². The molecule has 0 saturated heterocycles. The van der Waals surface area contributed by atoms with E-state index in [1.807, 2.05) is 0 Å². The number of hydrogen-bond donors (Lipinski definition) is 3. The number of thiazole rings is 1. The maximum atomic E-state index is 13.1. The molecule has 8 nitrogen and oxygen atoms in total. The minimum absolute atomic E-state index is 0.00575. The minimum Gasteiger partial charge on any atom is -0.363 e. The predicted molar refractivity (Wildman–Crippen MR) is 119 cm³/mol. The number of H-pyrrole nitrogens is 1. The van der Waals surface area contributed by atoms with Crippen LogP contribution >= 0.6 is 11.3 Å². The molecule has 5 rings (SSSR count). The number of imidazole rings is 1. The zero-order valence-electron chi connectivity index (χ0n) is 16.9. The number of carbonyl (C=O) groups excluding carboxylic acids is 2. The van der Waals surface area contributed by atoms with Gasteiger partial charge >= 0.3 is 0 Å². The largest absolute Gasteiger partial charge is 0.363 e. The Morgan fingerprint density at radius 3 is 2.78 bits per heavy atom. The number of nitrogens with zero attached hydrogens (tertiary/aromatic N) is 3. The lowest BCUT2D eigenvalue weighted by atomic mass is 10.1. The highest BCUT2D eigenvalue weighted by Crippen LogP contribution is 2.30. The third-order valence-electron chi connectivity index (χ3n) is 5.34. The Hall–Kier alpha value is -3.63. The van der Waals surface area contributed by atoms with Crippen LogP contribution < -0.4 is 11.1 Å². The maximum Gasteiger partial charge on any atom is 0.284 e. The first-order valence-corrected chi connectivity index (χ1v) is 10.8. The summed E-state index contributed by atoms with van der Waals surface area (Å²) in [4.78, 5) is 39.2. The van der Waals surface area contributed by atoms with Crippen LogP contribution in [0.25, 0.3) is 11.0 Å². The molecule has 4 aromatic rings. The van der Waals surface area contributed by atoms with Crippen molar-refractivity contribution in [2.24, 2.45) is 5.73 Å². The van der Waals surface area contributed by atoms with Crippen LogP contribution in [0.4, 0.5) is 9.52 Å². The third kappa shape index (κ3) is 3.97. The summed E-state index contributed by atoms with van der Waals surface area (Å²) < 4.78 is 13.1. The molecule has 1 aliphatic rings. The molecule has 0 unspecified atom stereocenters. The Balaban J connectivity index is 1.31. The van der Waals surface area contributed by atoms with E-state index in [1.54, 1.807) is 30.3 Å². The van der Waals surface area contributed by atoms with Gasteiger partial charge < -0.3 is 10.7 Å². The maximum absolute atomic E-state index is 13.1. The second-order valence-corrected chi connectivity index (χ2v) is 8.67. The molecule has 2 aromatic carbocycles. The van der Waals surface area contributed by atoms with E-state index >= 15 is 0 Å². The Labute approximate surface area is 186 Å². The number of rotatable bonds is 5. The second kappa shape index (κ2) is 8.13. The van der Waals surface area contributed by atoms with Crippen LogP contribution in [0.2, 0.25) is 0 Å². The molecule has 0 saturated carbocycles. The van der Waals surface area contributed by atoms with E-state index in [0.29, 0.717) is 21.7 Å². The summed E-state index contributed by atoms with van der Waals surface area (Å²) >= 11 is 1.44. The molecular formula is C22H19FN6O2S. The van der Waals surface area contributed by atoms with E-state index in [0.717, 1.165) is 42.2 Å². The molecule has 0 atom stereocenters. The third-order valence-corrected chi connectivity index (χ3v) is 6.34. The monoisotopic (exact) mass is 450 g/mol. The fraction of sp³-hybridized carbons (Fsp3) is 0.182. The van der Waals surface area contributed by atoms with E-state index in [-0.39, 0.29) is 17.5 Å². The highest BCUT2D eigenvalue weighted by atomic mass is 32.1. The summed E-state index contributed by atoms with van der Waals surface area (Å²) in [6.07, 6.45) is 0.778. The van der Waals surface area contributed by atoms with Crippen molar-refractivity contribution in [2.75, 3.05) is 11.9 Å². The number of fused-ring (bicyclic) bond motifs is 2. The molecule has 32 heavy (non-hydrogen) atoms. The first-order chi connectivity index (χ1) is 15.5. The van der Waals surface area contributed by atoms with Gasteiger partial charge in [0.2, 0.25) is 0 Å². The van der Waals surface area contributed by atoms with Crippen LogP contribution in [0.3, 0.4) is 0 Å². The lowest BCUT2D eigenvalue weighted by Gasteiger charge is -2.25. The molecule has 4 N–H and O–H groups in total. The molecule has 0 bridgehead atoms. The van der Waals surface area contributed by atoms with E-state index < -0.39 is 5.91 Å². The number of carbonyl (C=O) groups is 2. The first-order valence-electron chi connectivity index (χ1n) is 10.0. The Morgan fingerprint density at radius 1 is 1.19 bits per heavy atom. The number of aromatic nitrogens is 3. The van der Waals surface area contributed by atoms with Crippen molar-refractivity contribution < 1.29 is 14.0 Å². The second-order valence-electron chi connectivity index (χ2n) is 7.58. The van der Waals surface area contributed by atoms with Gasteiger partial charge in [-0.2, -0.15) is 0 Å². The lowest BCUT2D eigenvalue weighted by Crippen LogP contribution is -2.29. The fourth-order valence-corrected chi connectivity index (χ4v) is 4.83. The van der Waals surface area contributed by atoms with E-state index in [9.17, 15) is 14.0 Å². The average molecular weight is 450 g/mol. The minimum atomic E-state index is -0.689. The van der Waals surface area contributed by atoms with Crippen molar-refractivity contribution in [3.05, 3.63) is 75.8 Å². The number of nitrogens with one attached hydrogen (secondary N) is 2. The first kappa shape index (κ1) is 20.3. The van der Waals surface area contributed by atoms with Gasteiger partial charge in [-0.25, -0.2) is 14.4 Å². The fourth-order valence-electron chi connectivity index (χ4n) is 3.78. The number of nitrogens with two attached hydrogens (primary N) is 1. The van der Waals surface area contributed by atoms with Crippen LogP contribution in [0.1, 0.15) is 37.1 Å². The molecule has 2 amide bonds. The average Bonchev–Trinajstić information content (AvgIpc) is 3.38. The van der Waals surface area contributed by atoms with Gasteiger partial charge in [0.05, 0.1) is 16.8 Å². The van der Waals surface area contributed by atoms with Gasteiger partial charge in [-0.05, 0) is 29.8 Å². The van der Waals surface area contributed by atoms with E-state index in [4.69, 9.17) is 5.73 Å². The van der Waals surface area contributed by atoms with Crippen LogP contribution in [0.15, 0.2) is 42.5 Å². The molecule has 0 fully saturated rings. The topological polar surface area (TPSA) is 117 Å². The molecule has 10 heteroatoms. The zero-order chi connectivity index (χ0) is 22.2. The normalized spacial score (nSPS) is 13.8. The van der Waals surface area contributed by atoms with Gasteiger partial charge in [-0.3, -0.25) is 19.8 Å². The smallest absolute Gasteiger partial charge is 0.284 e. The standard InChI is InChI=1S/C22H19FN6O2S/c23-13-6-4-12(5-7-13)10-29-9-8-15-17(11-29)32-22(26-15)28-21(31)14-2-1-3-16-18(14)27-20(25-16)19(24)30/h1-7H,8-11H2,(H2,24,30)(H,25,27)(H,26,28,31). The molecule has 2 aromatic heterocycles. The molecule has 0 radical (unpaired) electrons. The number of amides is 2. The van der Waals surface area contributed by atoms with Crippen molar-refractivity contribution in [1.29, 1.82) is 0 Å². The quantitative estimate of drug-likeness (QED) is 0.432. The molecular weight excluding hydrogens is 431 g/mol. The van der Waals surface area contributed by atoms with E-state index in [1.165, 1.54) is 23.5 Å². The molecule has 162 valence electrons. The highest BCUT2D eigenvalue weighted by Gasteiger charge is 2.23. The van der Waals surface area contributed by atoms with Gasteiger partial charge in [0.15, 0.2) is 11.0 Å². The van der Waals surface area contributed by atoms with Gasteiger partial charge in [-0.15, -0.1) is 11.3 Å².